The van der Waals surface area contributed by atoms with E-state index in [4.69, 9.17) is 4.74 Å². The summed E-state index contributed by atoms with van der Waals surface area (Å²) in [5, 5.41) is 42.1. The molecule has 2 aromatic rings. The van der Waals surface area contributed by atoms with Gasteiger partial charge in [-0.05, 0) is 25.8 Å². The highest BCUT2D eigenvalue weighted by Crippen LogP contribution is 2.47. The molecule has 2 fully saturated rings. The summed E-state index contributed by atoms with van der Waals surface area (Å²) in [6.07, 6.45) is -0.151. The number of pyridine rings is 1. The molecule has 0 radical (unpaired) electrons. The van der Waals surface area contributed by atoms with E-state index in [0.29, 0.717) is 17.2 Å². The Morgan fingerprint density at radius 3 is 2.69 bits per heavy atom. The summed E-state index contributed by atoms with van der Waals surface area (Å²) in [5.74, 6) is -0.0430. The Morgan fingerprint density at radius 2 is 2.03 bits per heavy atom. The van der Waals surface area contributed by atoms with Crippen LogP contribution >= 0.6 is 19.4 Å². The average Bonchev–Trinajstić information content (AvgIpc) is 3.44. The lowest BCUT2D eigenvalue weighted by molar-refractivity contribution is -0.0372. The first-order valence-electron chi connectivity index (χ1n) is 10.5. The number of fused-ring (bicyclic) bond motifs is 1. The number of aliphatic hydroxyl groups is 3. The summed E-state index contributed by atoms with van der Waals surface area (Å²) in [6, 6.07) is 2.26. The van der Waals surface area contributed by atoms with Crippen molar-refractivity contribution in [3.8, 4) is 0 Å². The zero-order chi connectivity index (χ0) is 23.0. The van der Waals surface area contributed by atoms with E-state index in [1.165, 1.54) is 17.5 Å². The lowest BCUT2D eigenvalue weighted by Crippen LogP contribution is -2.33. The number of aryl methyl sites for hydroxylation is 1. The summed E-state index contributed by atoms with van der Waals surface area (Å²) < 4.78 is 18.6. The third-order valence-corrected chi connectivity index (χ3v) is 9.08. The van der Waals surface area contributed by atoms with Crippen molar-refractivity contribution in [2.45, 2.75) is 68.2 Å². The van der Waals surface area contributed by atoms with Crippen molar-refractivity contribution in [2.24, 2.45) is 0 Å². The van der Waals surface area contributed by atoms with Gasteiger partial charge in [0, 0.05) is 17.5 Å². The Morgan fingerprint density at radius 1 is 1.31 bits per heavy atom. The first-order chi connectivity index (χ1) is 15.2. The second kappa shape index (κ2) is 9.51. The highest BCUT2D eigenvalue weighted by atomic mass is 32.2. The standard InChI is InChI=1S/C18H28N5O7PS/c1-9-6-11(20-10-4-2-3-5-10)14-17(19-9)23(22-21-14)18-16(26)15(25)12(30-18)8-32-13(7-24)31(27,28)29/h6,10,12-13,15-16,18,24-26H,2-5,7-8H2,1H3,(H,19,20)(H2,27,28,29)/t12-,13?,15-,16-,18-/m1/s1. The van der Waals surface area contributed by atoms with Gasteiger partial charge in [0.1, 0.15) is 17.2 Å². The minimum atomic E-state index is -4.52. The van der Waals surface area contributed by atoms with Gasteiger partial charge in [0.15, 0.2) is 17.4 Å². The largest absolute Gasteiger partial charge is 0.395 e. The fourth-order valence-corrected chi connectivity index (χ4v) is 6.19. The molecule has 1 saturated heterocycles. The third-order valence-electron chi connectivity index (χ3n) is 5.84. The highest BCUT2D eigenvalue weighted by Gasteiger charge is 2.46. The van der Waals surface area contributed by atoms with Crippen molar-refractivity contribution < 1.29 is 34.4 Å². The topological polar surface area (TPSA) is 183 Å². The van der Waals surface area contributed by atoms with E-state index in [1.54, 1.807) is 0 Å². The summed E-state index contributed by atoms with van der Waals surface area (Å²) >= 11 is 0.777. The van der Waals surface area contributed by atoms with Crippen molar-refractivity contribution in [3.05, 3.63) is 11.8 Å². The number of thioether (sulfide) groups is 1. The minimum Gasteiger partial charge on any atom is -0.395 e. The van der Waals surface area contributed by atoms with Gasteiger partial charge in [0.25, 0.3) is 0 Å². The molecule has 0 amide bonds. The van der Waals surface area contributed by atoms with Crippen LogP contribution in [-0.4, -0.2) is 86.8 Å². The van der Waals surface area contributed by atoms with E-state index in [2.05, 4.69) is 20.6 Å². The van der Waals surface area contributed by atoms with Crippen LogP contribution in [0.5, 0.6) is 0 Å². The number of hydrogen-bond donors (Lipinski definition) is 6. The van der Waals surface area contributed by atoms with Gasteiger partial charge in [0.2, 0.25) is 0 Å². The summed E-state index contributed by atoms with van der Waals surface area (Å²) in [4.78, 5) is 21.7. The van der Waals surface area contributed by atoms with Crippen molar-refractivity contribution in [2.75, 3.05) is 17.7 Å². The van der Waals surface area contributed by atoms with Gasteiger partial charge < -0.3 is 35.2 Å². The van der Waals surface area contributed by atoms with E-state index in [0.717, 1.165) is 36.0 Å². The molecule has 178 valence electrons. The van der Waals surface area contributed by atoms with Gasteiger partial charge in [-0.3, -0.25) is 4.57 Å². The molecule has 3 heterocycles. The Bertz CT molecular complexity index is 997. The number of hydrogen-bond acceptors (Lipinski definition) is 10. The molecule has 6 N–H and O–H groups in total. The molecular weight excluding hydrogens is 461 g/mol. The summed E-state index contributed by atoms with van der Waals surface area (Å²) in [5.41, 5.74) is 2.47. The molecule has 2 aromatic heterocycles. The van der Waals surface area contributed by atoms with Crippen LogP contribution in [-0.2, 0) is 9.30 Å². The molecular formula is C18H28N5O7PS. The lowest BCUT2D eigenvalue weighted by atomic mass is 10.1. The van der Waals surface area contributed by atoms with Crippen LogP contribution in [0.25, 0.3) is 11.2 Å². The van der Waals surface area contributed by atoms with Gasteiger partial charge in [-0.25, -0.2) is 4.98 Å². The molecule has 0 bridgehead atoms. The zero-order valence-corrected chi connectivity index (χ0v) is 19.2. The van der Waals surface area contributed by atoms with Crippen molar-refractivity contribution in [3.63, 3.8) is 0 Å². The minimum absolute atomic E-state index is 0.0430. The Labute approximate surface area is 188 Å². The molecule has 0 aromatic carbocycles. The number of aromatic nitrogens is 4. The maximum absolute atomic E-state index is 11.4. The number of aliphatic hydroxyl groups excluding tert-OH is 3. The normalized spacial score (nSPS) is 27.9. The van der Waals surface area contributed by atoms with E-state index in [-0.39, 0.29) is 5.75 Å². The number of anilines is 1. The van der Waals surface area contributed by atoms with Crippen LogP contribution in [0.15, 0.2) is 6.07 Å². The van der Waals surface area contributed by atoms with Crippen molar-refractivity contribution in [1.82, 2.24) is 20.0 Å². The smallest absolute Gasteiger partial charge is 0.340 e. The molecule has 0 spiro atoms. The molecule has 1 aliphatic heterocycles. The third kappa shape index (κ3) is 4.80. The fourth-order valence-electron chi connectivity index (χ4n) is 4.15. The predicted octanol–water partition coefficient (Wildman–Crippen LogP) is 0.338. The van der Waals surface area contributed by atoms with Crippen LogP contribution in [0.4, 0.5) is 5.69 Å². The average molecular weight is 489 g/mol. The number of ether oxygens (including phenoxy) is 1. The van der Waals surface area contributed by atoms with Crippen molar-refractivity contribution in [1.29, 1.82) is 0 Å². The fraction of sp³-hybridized carbons (Fsp3) is 0.722. The SMILES string of the molecule is Cc1cc(NC2CCCC2)c2nnn([C@@H]3O[C@H](CSC(CO)P(=O)(O)O)[C@@H](O)[C@H]3O)c2n1. The van der Waals surface area contributed by atoms with Crippen LogP contribution in [0.1, 0.15) is 37.6 Å². The van der Waals surface area contributed by atoms with Gasteiger partial charge in [-0.2, -0.15) is 4.68 Å². The number of nitrogens with one attached hydrogen (secondary N) is 1. The second-order valence-corrected chi connectivity index (χ2v) is 11.6. The number of rotatable bonds is 8. The monoisotopic (exact) mass is 489 g/mol. The van der Waals surface area contributed by atoms with Gasteiger partial charge in [-0.1, -0.05) is 18.1 Å². The van der Waals surface area contributed by atoms with E-state index in [9.17, 15) is 29.7 Å². The van der Waals surface area contributed by atoms with Gasteiger partial charge in [-0.15, -0.1) is 16.9 Å². The molecule has 5 atom stereocenters. The first-order valence-corrected chi connectivity index (χ1v) is 13.2. The molecule has 4 rings (SSSR count). The van der Waals surface area contributed by atoms with Gasteiger partial charge in [0.05, 0.1) is 18.4 Å². The van der Waals surface area contributed by atoms with Crippen molar-refractivity contribution >= 4 is 36.2 Å². The predicted molar refractivity (Wildman–Crippen MR) is 117 cm³/mol. The van der Waals surface area contributed by atoms with Crippen LogP contribution in [0.2, 0.25) is 0 Å². The van der Waals surface area contributed by atoms with Gasteiger partial charge >= 0.3 is 7.60 Å². The van der Waals surface area contributed by atoms with Crippen LogP contribution in [0, 0.1) is 6.92 Å². The Hall–Kier alpha value is -1.31. The lowest BCUT2D eigenvalue weighted by Gasteiger charge is -2.19. The van der Waals surface area contributed by atoms with E-state index in [1.807, 2.05) is 13.0 Å². The molecule has 14 heteroatoms. The molecule has 32 heavy (non-hydrogen) atoms. The number of nitrogens with zero attached hydrogens (tertiary/aromatic N) is 4. The van der Waals surface area contributed by atoms with Crippen LogP contribution in [0.3, 0.4) is 0 Å². The Balaban J connectivity index is 1.54. The maximum atomic E-state index is 11.4. The molecule has 1 aliphatic carbocycles. The zero-order valence-electron chi connectivity index (χ0n) is 17.5. The highest BCUT2D eigenvalue weighted by molar-refractivity contribution is 8.05. The van der Waals surface area contributed by atoms with Crippen LogP contribution < -0.4 is 5.32 Å². The molecule has 2 aliphatic rings. The molecule has 12 nitrogen and oxygen atoms in total. The quantitative estimate of drug-likeness (QED) is 0.280. The summed E-state index contributed by atoms with van der Waals surface area (Å²) in [6.45, 7) is 1.12. The molecule has 1 unspecified atom stereocenters. The summed E-state index contributed by atoms with van der Waals surface area (Å²) in [7, 11) is -4.52. The maximum Gasteiger partial charge on any atom is 0.340 e. The first kappa shape index (κ1) is 23.8. The van der Waals surface area contributed by atoms with E-state index < -0.39 is 43.7 Å². The van der Waals surface area contributed by atoms with E-state index >= 15 is 0 Å². The second-order valence-electron chi connectivity index (χ2n) is 8.25. The Kier molecular flexibility index (Phi) is 7.08. The molecule has 1 saturated carbocycles.